The molecule has 0 saturated heterocycles. The molecule has 0 fully saturated rings. The van der Waals surface area contributed by atoms with Gasteiger partial charge in [-0.1, -0.05) is 70.9 Å². The predicted octanol–water partition coefficient (Wildman–Crippen LogP) is 5.92. The molecule has 0 bridgehead atoms. The van der Waals surface area contributed by atoms with Gasteiger partial charge in [0.2, 0.25) is 0 Å². The van der Waals surface area contributed by atoms with Crippen LogP contribution >= 0.6 is 27.5 Å². The largest absolute Gasteiger partial charge is 0.341 e. The summed E-state index contributed by atoms with van der Waals surface area (Å²) in [6.45, 7) is 1.97. The molecular formula is C17H16BrClFO. The van der Waals surface area contributed by atoms with Crippen molar-refractivity contribution >= 4 is 27.5 Å². The Kier molecular flexibility index (Phi) is 5.80. The molecule has 2 aromatic rings. The third-order valence-corrected chi connectivity index (χ3v) is 4.37. The van der Waals surface area contributed by atoms with Crippen molar-refractivity contribution < 1.29 is 9.13 Å². The smallest absolute Gasteiger partial charge is 0.301 e. The quantitative estimate of drug-likeness (QED) is 0.594. The summed E-state index contributed by atoms with van der Waals surface area (Å²) < 4.78 is 18.9. The molecule has 0 atom stereocenters. The van der Waals surface area contributed by atoms with Gasteiger partial charge in [0.15, 0.2) is 0 Å². The van der Waals surface area contributed by atoms with Gasteiger partial charge in [-0.25, -0.2) is 0 Å². The minimum Gasteiger partial charge on any atom is -0.341 e. The number of halogens is 3. The van der Waals surface area contributed by atoms with Crippen molar-refractivity contribution in [1.29, 1.82) is 0 Å². The molecule has 0 aromatic heterocycles. The van der Waals surface area contributed by atoms with E-state index >= 15 is 0 Å². The van der Waals surface area contributed by atoms with Gasteiger partial charge < -0.3 is 4.74 Å². The monoisotopic (exact) mass is 369 g/mol. The summed E-state index contributed by atoms with van der Waals surface area (Å²) in [6.07, 6.45) is 0.0381. The fraction of sp³-hybridized carbons (Fsp3) is 0.235. The van der Waals surface area contributed by atoms with E-state index in [1.165, 1.54) is 7.11 Å². The van der Waals surface area contributed by atoms with Gasteiger partial charge >= 0.3 is 6.36 Å². The molecule has 0 aliphatic rings. The topological polar surface area (TPSA) is 9.23 Å². The first-order valence-electron chi connectivity index (χ1n) is 6.66. The van der Waals surface area contributed by atoms with Gasteiger partial charge in [0.05, 0.1) is 5.02 Å². The molecule has 21 heavy (non-hydrogen) atoms. The zero-order valence-corrected chi connectivity index (χ0v) is 14.3. The average Bonchev–Trinajstić information content (AvgIpc) is 2.53. The van der Waals surface area contributed by atoms with E-state index in [1.54, 1.807) is 0 Å². The van der Waals surface area contributed by atoms with Crippen LogP contribution in [0, 0.1) is 6.36 Å². The number of alkyl halides is 1. The Labute approximate surface area is 138 Å². The fourth-order valence-electron chi connectivity index (χ4n) is 2.38. The van der Waals surface area contributed by atoms with Crippen molar-refractivity contribution in [2.24, 2.45) is 0 Å². The van der Waals surface area contributed by atoms with Crippen LogP contribution < -0.4 is 0 Å². The Morgan fingerprint density at radius 3 is 2.43 bits per heavy atom. The molecule has 1 nitrogen and oxygen atoms in total. The number of benzene rings is 2. The molecule has 2 aromatic carbocycles. The number of ether oxygens (including phenoxy) is 1. The van der Waals surface area contributed by atoms with Crippen molar-refractivity contribution in [3.63, 3.8) is 0 Å². The average molecular weight is 371 g/mol. The van der Waals surface area contributed by atoms with Crippen LogP contribution in [-0.2, 0) is 16.5 Å². The van der Waals surface area contributed by atoms with E-state index in [9.17, 15) is 4.39 Å². The molecule has 4 heteroatoms. The van der Waals surface area contributed by atoms with Crippen molar-refractivity contribution in [3.05, 3.63) is 64.5 Å². The fourth-order valence-corrected chi connectivity index (χ4v) is 3.25. The summed E-state index contributed by atoms with van der Waals surface area (Å²) >= 11 is 10.0. The van der Waals surface area contributed by atoms with Crippen LogP contribution in [0.5, 0.6) is 0 Å². The Balaban J connectivity index is 2.74. The molecule has 111 valence electrons. The van der Waals surface area contributed by atoms with E-state index in [0.717, 1.165) is 22.3 Å². The summed E-state index contributed by atoms with van der Waals surface area (Å²) in [7, 11) is 1.31. The highest BCUT2D eigenvalue weighted by Crippen LogP contribution is 2.40. The summed E-state index contributed by atoms with van der Waals surface area (Å²) in [5, 5.41) is 1.05. The molecule has 0 heterocycles. The zero-order valence-electron chi connectivity index (χ0n) is 11.9. The molecule has 1 radical (unpaired) electrons. The summed E-state index contributed by atoms with van der Waals surface area (Å²) in [5.41, 5.74) is 4.03. The van der Waals surface area contributed by atoms with Gasteiger partial charge in [0.1, 0.15) is 0 Å². The van der Waals surface area contributed by atoms with E-state index in [-0.39, 0.29) is 0 Å². The van der Waals surface area contributed by atoms with E-state index in [2.05, 4.69) is 15.9 Å². The number of aryl methyl sites for hydroxylation is 1. The maximum absolute atomic E-state index is 14.1. The molecule has 0 N–H and O–H groups in total. The minimum absolute atomic E-state index is 0.352. The second-order valence-corrected chi connectivity index (χ2v) is 5.53. The van der Waals surface area contributed by atoms with Crippen molar-refractivity contribution in [2.75, 3.05) is 7.11 Å². The standard InChI is InChI=1S/C17H16BrClFO/c1-3-11-9-13(10-18)14(12-7-5-4-6-8-12)16(19)15(11)17(20)21-2/h4-9H,3,10H2,1-2H3. The van der Waals surface area contributed by atoms with Crippen molar-refractivity contribution in [1.82, 2.24) is 0 Å². The van der Waals surface area contributed by atoms with E-state index in [0.29, 0.717) is 22.3 Å². The first-order valence-corrected chi connectivity index (χ1v) is 8.16. The second-order valence-electron chi connectivity index (χ2n) is 4.59. The molecule has 0 aliphatic heterocycles. The Morgan fingerprint density at radius 1 is 1.24 bits per heavy atom. The highest BCUT2D eigenvalue weighted by atomic mass is 79.9. The van der Waals surface area contributed by atoms with Gasteiger partial charge in [-0.3, -0.25) is 0 Å². The Bertz CT molecular complexity index is 616. The van der Waals surface area contributed by atoms with Crippen molar-refractivity contribution in [3.8, 4) is 11.1 Å². The van der Waals surface area contributed by atoms with Crippen LogP contribution in [0.3, 0.4) is 0 Å². The van der Waals surface area contributed by atoms with Crippen LogP contribution in [-0.4, -0.2) is 7.11 Å². The van der Waals surface area contributed by atoms with Crippen LogP contribution in [0.15, 0.2) is 36.4 Å². The van der Waals surface area contributed by atoms with Crippen LogP contribution in [0.4, 0.5) is 4.39 Å². The highest BCUT2D eigenvalue weighted by molar-refractivity contribution is 9.08. The molecule has 0 amide bonds. The number of hydrogen-bond acceptors (Lipinski definition) is 1. The van der Waals surface area contributed by atoms with Gasteiger partial charge in [0.25, 0.3) is 0 Å². The summed E-state index contributed by atoms with van der Waals surface area (Å²) in [6, 6.07) is 11.7. The zero-order chi connectivity index (χ0) is 15.4. The molecule has 0 unspecified atom stereocenters. The van der Waals surface area contributed by atoms with Crippen LogP contribution in [0.2, 0.25) is 5.02 Å². The molecular weight excluding hydrogens is 355 g/mol. The number of methoxy groups -OCH3 is 1. The van der Waals surface area contributed by atoms with E-state index in [1.807, 2.05) is 43.3 Å². The second kappa shape index (κ2) is 7.39. The highest BCUT2D eigenvalue weighted by Gasteiger charge is 2.24. The maximum Gasteiger partial charge on any atom is 0.301 e. The lowest BCUT2D eigenvalue weighted by molar-refractivity contribution is 0.131. The van der Waals surface area contributed by atoms with Gasteiger partial charge in [-0.05, 0) is 23.1 Å². The summed E-state index contributed by atoms with van der Waals surface area (Å²) in [5.74, 6) is 0. The lowest BCUT2D eigenvalue weighted by Gasteiger charge is -2.19. The lowest BCUT2D eigenvalue weighted by Crippen LogP contribution is -2.05. The first-order chi connectivity index (χ1) is 10.1. The summed E-state index contributed by atoms with van der Waals surface area (Å²) in [4.78, 5) is 0. The van der Waals surface area contributed by atoms with Crippen LogP contribution in [0.1, 0.15) is 23.6 Å². The van der Waals surface area contributed by atoms with Crippen molar-refractivity contribution in [2.45, 2.75) is 18.7 Å². The molecule has 0 saturated carbocycles. The molecule has 2 rings (SSSR count). The Morgan fingerprint density at radius 2 is 1.90 bits per heavy atom. The maximum atomic E-state index is 14.1. The van der Waals surface area contributed by atoms with E-state index < -0.39 is 6.36 Å². The third kappa shape index (κ3) is 3.31. The number of rotatable bonds is 5. The normalized spacial score (nSPS) is 11.1. The van der Waals surface area contributed by atoms with Gasteiger partial charge in [-0.2, -0.15) is 4.39 Å². The first kappa shape index (κ1) is 16.5. The predicted molar refractivity (Wildman–Crippen MR) is 89.4 cm³/mol. The lowest BCUT2D eigenvalue weighted by atomic mass is 9.93. The molecule has 0 spiro atoms. The minimum atomic E-state index is -0.643. The van der Waals surface area contributed by atoms with Gasteiger partial charge in [-0.15, -0.1) is 0 Å². The van der Waals surface area contributed by atoms with E-state index in [4.69, 9.17) is 16.3 Å². The number of hydrogen-bond donors (Lipinski definition) is 0. The SMILES string of the molecule is CCc1cc(CBr)c(-c2ccccc2)c(Cl)c1[C](F)OC. The molecule has 0 aliphatic carbocycles. The Hall–Kier alpha value is -0.900. The van der Waals surface area contributed by atoms with Crippen LogP contribution in [0.25, 0.3) is 11.1 Å². The van der Waals surface area contributed by atoms with Gasteiger partial charge in [0, 0.05) is 23.6 Å². The third-order valence-electron chi connectivity index (χ3n) is 3.39.